The lowest BCUT2D eigenvalue weighted by Gasteiger charge is -2.41. The van der Waals surface area contributed by atoms with Crippen LogP contribution in [0.3, 0.4) is 0 Å². The van der Waals surface area contributed by atoms with Crippen molar-refractivity contribution in [2.24, 2.45) is 11.3 Å². The molecule has 1 saturated carbocycles. The average molecular weight is 328 g/mol. The van der Waals surface area contributed by atoms with Gasteiger partial charge in [0.1, 0.15) is 0 Å². The molecule has 0 aliphatic heterocycles. The molecule has 0 aromatic heterocycles. The van der Waals surface area contributed by atoms with Gasteiger partial charge in [-0.15, -0.1) is 0 Å². The molecule has 0 heterocycles. The number of halogens is 1. The molecule has 4 heteroatoms. The molecule has 4 atom stereocenters. The van der Waals surface area contributed by atoms with E-state index in [-0.39, 0.29) is 10.7 Å². The second kappa shape index (κ2) is 6.80. The summed E-state index contributed by atoms with van der Waals surface area (Å²) in [5.74, 6) is 0.610. The van der Waals surface area contributed by atoms with Crippen LogP contribution in [0.2, 0.25) is 5.02 Å². The number of nitrogens with one attached hydrogen (secondary N) is 1. The first kappa shape index (κ1) is 17.0. The molecule has 0 amide bonds. The van der Waals surface area contributed by atoms with E-state index in [1.54, 1.807) is 0 Å². The highest BCUT2D eigenvalue weighted by Gasteiger charge is 2.38. The summed E-state index contributed by atoms with van der Waals surface area (Å²) in [7, 11) is 0.910. The van der Waals surface area contributed by atoms with Gasteiger partial charge in [-0.3, -0.25) is 4.21 Å². The summed E-state index contributed by atoms with van der Waals surface area (Å²) >= 11 is 6.24. The summed E-state index contributed by atoms with van der Waals surface area (Å²) in [5.41, 5.74) is 0.266. The van der Waals surface area contributed by atoms with E-state index in [1.807, 2.05) is 31.3 Å². The lowest BCUT2D eigenvalue weighted by Crippen LogP contribution is -2.46. The van der Waals surface area contributed by atoms with Crippen molar-refractivity contribution in [3.8, 4) is 0 Å². The SMILES string of the molecule is CNC1CCC(C(C)(C)C)CC1S(=O)c1ccccc1Cl. The van der Waals surface area contributed by atoms with Gasteiger partial charge in [0.15, 0.2) is 0 Å². The Morgan fingerprint density at radius 2 is 1.90 bits per heavy atom. The minimum atomic E-state index is -1.06. The quantitative estimate of drug-likeness (QED) is 0.899. The highest BCUT2D eigenvalue weighted by atomic mass is 35.5. The fourth-order valence-corrected chi connectivity index (χ4v) is 5.39. The van der Waals surface area contributed by atoms with Gasteiger partial charge in [0.05, 0.1) is 26.0 Å². The van der Waals surface area contributed by atoms with E-state index in [0.29, 0.717) is 17.0 Å². The van der Waals surface area contributed by atoms with Crippen LogP contribution in [0.1, 0.15) is 40.0 Å². The Labute approximate surface area is 136 Å². The van der Waals surface area contributed by atoms with Crippen molar-refractivity contribution in [1.29, 1.82) is 0 Å². The number of hydrogen-bond donors (Lipinski definition) is 1. The Hall–Kier alpha value is -0.380. The van der Waals surface area contributed by atoms with Crippen LogP contribution in [-0.2, 0) is 10.8 Å². The molecule has 1 aliphatic rings. The number of hydrogen-bond acceptors (Lipinski definition) is 2. The van der Waals surface area contributed by atoms with Gasteiger partial charge in [0.25, 0.3) is 0 Å². The van der Waals surface area contributed by atoms with Crippen LogP contribution in [0.5, 0.6) is 0 Å². The third kappa shape index (κ3) is 3.88. The number of benzene rings is 1. The maximum absolute atomic E-state index is 13.0. The van der Waals surface area contributed by atoms with Crippen LogP contribution < -0.4 is 5.32 Å². The molecule has 0 radical (unpaired) electrons. The Balaban J connectivity index is 2.25. The van der Waals surface area contributed by atoms with E-state index < -0.39 is 10.8 Å². The average Bonchev–Trinajstić information content (AvgIpc) is 2.45. The normalized spacial score (nSPS) is 28.3. The van der Waals surface area contributed by atoms with Gasteiger partial charge in [0, 0.05) is 6.04 Å². The van der Waals surface area contributed by atoms with Gasteiger partial charge in [-0.1, -0.05) is 44.5 Å². The second-order valence-electron chi connectivity index (χ2n) is 7.04. The fraction of sp³-hybridized carbons (Fsp3) is 0.647. The third-order valence-electron chi connectivity index (χ3n) is 4.72. The fourth-order valence-electron chi connectivity index (χ4n) is 3.25. The minimum absolute atomic E-state index is 0.132. The molecule has 4 unspecified atom stereocenters. The first-order valence-corrected chi connectivity index (χ1v) is 9.26. The molecule has 1 aromatic rings. The third-order valence-corrected chi connectivity index (χ3v) is 7.02. The van der Waals surface area contributed by atoms with E-state index >= 15 is 0 Å². The van der Waals surface area contributed by atoms with E-state index in [2.05, 4.69) is 26.1 Å². The summed E-state index contributed by atoms with van der Waals surface area (Å²) in [6.07, 6.45) is 3.28. The Morgan fingerprint density at radius 3 is 2.48 bits per heavy atom. The first-order valence-electron chi connectivity index (χ1n) is 7.67. The van der Waals surface area contributed by atoms with Crippen molar-refractivity contribution in [2.45, 2.75) is 56.2 Å². The van der Waals surface area contributed by atoms with Crippen molar-refractivity contribution >= 4 is 22.4 Å². The van der Waals surface area contributed by atoms with E-state index in [9.17, 15) is 4.21 Å². The minimum Gasteiger partial charge on any atom is -0.316 e. The molecule has 1 fully saturated rings. The maximum atomic E-state index is 13.0. The Kier molecular flexibility index (Phi) is 5.50. The highest BCUT2D eigenvalue weighted by Crippen LogP contribution is 2.40. The maximum Gasteiger partial charge on any atom is 0.0591 e. The molecule has 118 valence electrons. The van der Waals surface area contributed by atoms with Gasteiger partial charge in [-0.25, -0.2) is 0 Å². The molecule has 0 saturated heterocycles. The topological polar surface area (TPSA) is 29.1 Å². The van der Waals surface area contributed by atoms with Crippen LogP contribution in [0.15, 0.2) is 29.2 Å². The molecule has 21 heavy (non-hydrogen) atoms. The summed E-state index contributed by atoms with van der Waals surface area (Å²) in [4.78, 5) is 0.777. The smallest absolute Gasteiger partial charge is 0.0591 e. The summed E-state index contributed by atoms with van der Waals surface area (Å²) in [6.45, 7) is 6.85. The number of rotatable bonds is 3. The second-order valence-corrected chi connectivity index (χ2v) is 9.08. The standard InChI is InChI=1S/C17H26ClNOS/c1-17(2,3)12-9-10-14(19-4)16(11-12)21(20)15-8-6-5-7-13(15)18/h5-8,12,14,16,19H,9-11H2,1-4H3. The lowest BCUT2D eigenvalue weighted by atomic mass is 9.71. The predicted octanol–water partition coefficient (Wildman–Crippen LogP) is 4.25. The van der Waals surface area contributed by atoms with E-state index in [0.717, 1.165) is 17.7 Å². The molecular weight excluding hydrogens is 302 g/mol. The largest absolute Gasteiger partial charge is 0.316 e. The van der Waals surface area contributed by atoms with Gasteiger partial charge < -0.3 is 5.32 Å². The Bertz CT molecular complexity index is 512. The van der Waals surface area contributed by atoms with Gasteiger partial charge >= 0.3 is 0 Å². The molecule has 1 aliphatic carbocycles. The molecule has 1 aromatic carbocycles. The molecule has 0 spiro atoms. The van der Waals surface area contributed by atoms with Crippen molar-refractivity contribution < 1.29 is 4.21 Å². The van der Waals surface area contributed by atoms with Gasteiger partial charge in [-0.05, 0) is 49.8 Å². The molecule has 2 nitrogen and oxygen atoms in total. The van der Waals surface area contributed by atoms with Gasteiger partial charge in [-0.2, -0.15) is 0 Å². The van der Waals surface area contributed by atoms with Crippen molar-refractivity contribution in [3.05, 3.63) is 29.3 Å². The molecule has 0 bridgehead atoms. The van der Waals surface area contributed by atoms with Crippen LogP contribution in [-0.4, -0.2) is 22.5 Å². The zero-order valence-corrected chi connectivity index (χ0v) is 14.9. The summed E-state index contributed by atoms with van der Waals surface area (Å²) < 4.78 is 13.0. The Morgan fingerprint density at radius 1 is 1.24 bits per heavy atom. The zero-order valence-electron chi connectivity index (χ0n) is 13.4. The zero-order chi connectivity index (χ0) is 15.6. The highest BCUT2D eigenvalue weighted by molar-refractivity contribution is 7.85. The molecule has 2 rings (SSSR count). The summed E-state index contributed by atoms with van der Waals surface area (Å²) in [5, 5.41) is 4.11. The molecule has 1 N–H and O–H groups in total. The molecular formula is C17H26ClNOS. The lowest BCUT2D eigenvalue weighted by molar-refractivity contribution is 0.166. The van der Waals surface area contributed by atoms with Crippen LogP contribution in [0, 0.1) is 11.3 Å². The summed E-state index contributed by atoms with van der Waals surface area (Å²) in [6, 6.07) is 7.83. The monoisotopic (exact) mass is 327 g/mol. The van der Waals surface area contributed by atoms with Crippen LogP contribution in [0.25, 0.3) is 0 Å². The first-order chi connectivity index (χ1) is 9.84. The predicted molar refractivity (Wildman–Crippen MR) is 91.3 cm³/mol. The van der Waals surface area contributed by atoms with E-state index in [4.69, 9.17) is 11.6 Å². The van der Waals surface area contributed by atoms with Crippen molar-refractivity contribution in [1.82, 2.24) is 5.32 Å². The van der Waals surface area contributed by atoms with Crippen molar-refractivity contribution in [2.75, 3.05) is 7.05 Å². The van der Waals surface area contributed by atoms with Crippen molar-refractivity contribution in [3.63, 3.8) is 0 Å². The van der Waals surface area contributed by atoms with E-state index in [1.165, 1.54) is 6.42 Å². The van der Waals surface area contributed by atoms with Gasteiger partial charge in [0.2, 0.25) is 0 Å². The van der Waals surface area contributed by atoms with Crippen LogP contribution >= 0.6 is 11.6 Å². The van der Waals surface area contributed by atoms with Crippen LogP contribution in [0.4, 0.5) is 0 Å².